The summed E-state index contributed by atoms with van der Waals surface area (Å²) in [7, 11) is 1.86. The van der Waals surface area contributed by atoms with Gasteiger partial charge in [0.25, 0.3) is 0 Å². The largest absolute Gasteiger partial charge is 0.325 e. The fourth-order valence-electron chi connectivity index (χ4n) is 1.69. The average molecular weight is 240 g/mol. The van der Waals surface area contributed by atoms with E-state index in [9.17, 15) is 4.79 Å². The Morgan fingerprint density at radius 2 is 2.33 bits per heavy atom. The van der Waals surface area contributed by atoms with Gasteiger partial charge in [-0.05, 0) is 18.2 Å². The highest BCUT2D eigenvalue weighted by atomic mass is 16.1. The van der Waals surface area contributed by atoms with Gasteiger partial charge >= 0.3 is 0 Å². The van der Waals surface area contributed by atoms with Gasteiger partial charge in [-0.1, -0.05) is 12.1 Å². The Labute approximate surface area is 105 Å². The fraction of sp³-hybridized carbons (Fsp3) is 0.154. The Balaban J connectivity index is 2.24. The lowest BCUT2D eigenvalue weighted by Gasteiger charge is -2.06. The van der Waals surface area contributed by atoms with E-state index in [-0.39, 0.29) is 12.3 Å². The maximum Gasteiger partial charge on any atom is 0.238 e. The molecule has 0 saturated heterocycles. The van der Waals surface area contributed by atoms with Crippen LogP contribution in [0, 0.1) is 11.3 Å². The van der Waals surface area contributed by atoms with E-state index < -0.39 is 0 Å². The lowest BCUT2D eigenvalue weighted by Crippen LogP contribution is -2.10. The molecule has 1 N–H and O–H groups in total. The molecule has 2 aromatic rings. The molecule has 0 aliphatic carbocycles. The van der Waals surface area contributed by atoms with E-state index in [1.54, 1.807) is 16.9 Å². The highest BCUT2D eigenvalue weighted by Crippen LogP contribution is 2.21. The summed E-state index contributed by atoms with van der Waals surface area (Å²) in [4.78, 5) is 11.3. The van der Waals surface area contributed by atoms with Gasteiger partial charge in [0, 0.05) is 24.5 Å². The van der Waals surface area contributed by atoms with Crippen LogP contribution in [-0.2, 0) is 11.8 Å². The van der Waals surface area contributed by atoms with Gasteiger partial charge in [-0.3, -0.25) is 9.48 Å². The molecule has 18 heavy (non-hydrogen) atoms. The summed E-state index contributed by atoms with van der Waals surface area (Å²) in [6.45, 7) is 0. The predicted octanol–water partition coefficient (Wildman–Crippen LogP) is 1.94. The summed E-state index contributed by atoms with van der Waals surface area (Å²) in [5.74, 6) is -0.306. The number of carbonyl (C=O) groups excluding carboxylic acids is 1. The average Bonchev–Trinajstić information content (AvgIpc) is 2.76. The van der Waals surface area contributed by atoms with Crippen LogP contribution in [0.1, 0.15) is 6.42 Å². The van der Waals surface area contributed by atoms with Crippen molar-refractivity contribution < 1.29 is 4.79 Å². The molecule has 0 saturated carbocycles. The first-order valence-corrected chi connectivity index (χ1v) is 5.46. The first-order valence-electron chi connectivity index (χ1n) is 5.46. The summed E-state index contributed by atoms with van der Waals surface area (Å²) < 4.78 is 1.76. The number of anilines is 1. The van der Waals surface area contributed by atoms with Gasteiger partial charge in [0.2, 0.25) is 5.91 Å². The van der Waals surface area contributed by atoms with E-state index >= 15 is 0 Å². The zero-order chi connectivity index (χ0) is 13.0. The molecule has 0 fully saturated rings. The highest BCUT2D eigenvalue weighted by Gasteiger charge is 2.05. The van der Waals surface area contributed by atoms with Crippen molar-refractivity contribution in [2.45, 2.75) is 6.42 Å². The van der Waals surface area contributed by atoms with Crippen LogP contribution in [0.5, 0.6) is 0 Å². The number of carbonyl (C=O) groups is 1. The second kappa shape index (κ2) is 5.15. The van der Waals surface area contributed by atoms with Crippen molar-refractivity contribution in [1.29, 1.82) is 5.26 Å². The number of aromatic nitrogens is 2. The topological polar surface area (TPSA) is 70.7 Å². The quantitative estimate of drug-likeness (QED) is 0.891. The molecule has 0 atom stereocenters. The number of nitrogens with zero attached hydrogens (tertiary/aromatic N) is 3. The molecule has 0 aliphatic heterocycles. The Kier molecular flexibility index (Phi) is 3.39. The van der Waals surface area contributed by atoms with Gasteiger partial charge in [-0.2, -0.15) is 10.4 Å². The maximum absolute atomic E-state index is 11.3. The third kappa shape index (κ3) is 2.55. The van der Waals surface area contributed by atoms with Gasteiger partial charge < -0.3 is 5.32 Å². The van der Waals surface area contributed by atoms with Crippen LogP contribution in [0.25, 0.3) is 11.3 Å². The van der Waals surface area contributed by atoms with Crippen molar-refractivity contribution >= 4 is 11.6 Å². The van der Waals surface area contributed by atoms with E-state index in [0.29, 0.717) is 5.69 Å². The number of amides is 1. The number of rotatable bonds is 3. The van der Waals surface area contributed by atoms with E-state index in [1.807, 2.05) is 37.4 Å². The molecule has 2 rings (SSSR count). The summed E-state index contributed by atoms with van der Waals surface area (Å²) >= 11 is 0. The molecule has 0 radical (unpaired) electrons. The van der Waals surface area contributed by atoms with Crippen LogP contribution in [0.4, 0.5) is 5.69 Å². The number of hydrogen-bond acceptors (Lipinski definition) is 3. The maximum atomic E-state index is 11.3. The number of nitriles is 1. The molecule has 1 aromatic carbocycles. The van der Waals surface area contributed by atoms with Crippen LogP contribution in [0.2, 0.25) is 0 Å². The van der Waals surface area contributed by atoms with Crippen molar-refractivity contribution in [1.82, 2.24) is 9.78 Å². The Morgan fingerprint density at radius 3 is 3.00 bits per heavy atom. The van der Waals surface area contributed by atoms with Gasteiger partial charge in [0.05, 0.1) is 11.8 Å². The minimum atomic E-state index is -0.306. The minimum absolute atomic E-state index is 0.143. The third-order valence-electron chi connectivity index (χ3n) is 2.50. The monoisotopic (exact) mass is 240 g/mol. The zero-order valence-corrected chi connectivity index (χ0v) is 9.92. The van der Waals surface area contributed by atoms with Crippen LogP contribution < -0.4 is 5.32 Å². The molecule has 0 unspecified atom stereocenters. The van der Waals surface area contributed by atoms with Crippen molar-refractivity contribution in [2.24, 2.45) is 7.05 Å². The second-order valence-electron chi connectivity index (χ2n) is 3.80. The van der Waals surface area contributed by atoms with Crippen LogP contribution in [-0.4, -0.2) is 15.7 Å². The van der Waals surface area contributed by atoms with E-state index in [4.69, 9.17) is 5.26 Å². The molecule has 5 heteroatoms. The van der Waals surface area contributed by atoms with Gasteiger partial charge in [-0.15, -0.1) is 0 Å². The van der Waals surface area contributed by atoms with Crippen molar-refractivity contribution in [2.75, 3.05) is 5.32 Å². The summed E-state index contributed by atoms with van der Waals surface area (Å²) in [6.07, 6.45) is 1.58. The Bertz CT molecular complexity index is 609. The lowest BCUT2D eigenvalue weighted by molar-refractivity contribution is -0.115. The summed E-state index contributed by atoms with van der Waals surface area (Å²) in [6, 6.07) is 11.1. The summed E-state index contributed by atoms with van der Waals surface area (Å²) in [5, 5.41) is 15.2. The number of hydrogen-bond donors (Lipinski definition) is 1. The minimum Gasteiger partial charge on any atom is -0.325 e. The molecule has 0 spiro atoms. The molecular formula is C13H12N4O. The first kappa shape index (κ1) is 11.9. The second-order valence-corrected chi connectivity index (χ2v) is 3.80. The van der Waals surface area contributed by atoms with Gasteiger partial charge in [0.15, 0.2) is 0 Å². The standard InChI is InChI=1S/C13H12N4O/c1-17-12(6-8-15-17)10-3-2-4-11(9-10)16-13(18)5-7-14/h2-4,6,8-9H,5H2,1H3,(H,16,18). The van der Waals surface area contributed by atoms with Gasteiger partial charge in [-0.25, -0.2) is 0 Å². The first-order chi connectivity index (χ1) is 8.70. The molecule has 1 aromatic heterocycles. The normalized spacial score (nSPS) is 9.78. The smallest absolute Gasteiger partial charge is 0.238 e. The zero-order valence-electron chi connectivity index (χ0n) is 9.92. The van der Waals surface area contributed by atoms with E-state index in [1.165, 1.54) is 0 Å². The predicted molar refractivity (Wildman–Crippen MR) is 67.5 cm³/mol. The van der Waals surface area contributed by atoms with Crippen molar-refractivity contribution in [3.05, 3.63) is 36.5 Å². The van der Waals surface area contributed by atoms with E-state index in [2.05, 4.69) is 10.4 Å². The van der Waals surface area contributed by atoms with Gasteiger partial charge in [0.1, 0.15) is 6.42 Å². The number of aryl methyl sites for hydroxylation is 1. The molecule has 1 heterocycles. The Morgan fingerprint density at radius 1 is 1.50 bits per heavy atom. The molecule has 5 nitrogen and oxygen atoms in total. The van der Waals surface area contributed by atoms with Crippen LogP contribution in [0.3, 0.4) is 0 Å². The molecule has 0 bridgehead atoms. The Hall–Kier alpha value is -2.61. The molecular weight excluding hydrogens is 228 g/mol. The molecule has 0 aliphatic rings. The van der Waals surface area contributed by atoms with Crippen LogP contribution >= 0.6 is 0 Å². The number of nitrogens with one attached hydrogen (secondary N) is 1. The fourth-order valence-corrected chi connectivity index (χ4v) is 1.69. The highest BCUT2D eigenvalue weighted by molar-refractivity contribution is 5.92. The third-order valence-corrected chi connectivity index (χ3v) is 2.50. The van der Waals surface area contributed by atoms with Crippen LogP contribution in [0.15, 0.2) is 36.5 Å². The SMILES string of the molecule is Cn1nccc1-c1cccc(NC(=O)CC#N)c1. The summed E-state index contributed by atoms with van der Waals surface area (Å²) in [5.41, 5.74) is 2.60. The molecule has 90 valence electrons. The van der Waals surface area contributed by atoms with Crippen molar-refractivity contribution in [3.8, 4) is 17.3 Å². The number of benzene rings is 1. The van der Waals surface area contributed by atoms with E-state index in [0.717, 1.165) is 11.3 Å². The van der Waals surface area contributed by atoms with Crippen molar-refractivity contribution in [3.63, 3.8) is 0 Å². The lowest BCUT2D eigenvalue weighted by atomic mass is 10.1. The molecule has 1 amide bonds.